The van der Waals surface area contributed by atoms with Crippen LogP contribution in [0, 0.1) is 12.3 Å². The Morgan fingerprint density at radius 1 is 1.85 bits per heavy atom. The highest BCUT2D eigenvalue weighted by atomic mass is 127. The van der Waals surface area contributed by atoms with Gasteiger partial charge in [0.25, 0.3) is 0 Å². The molecule has 0 N–H and O–H groups in total. The molecular formula is C10H13IO2. The second kappa shape index (κ2) is 5.63. The van der Waals surface area contributed by atoms with E-state index >= 15 is 0 Å². The standard InChI is InChI=1S/C10H13IO2/c1-3-5-8(4-2)13-10-9(11)6-7-12-10/h1,4,8-10H,2,5-7H2/t8-,9-,10+/m1/s1. The molecule has 3 heteroatoms. The summed E-state index contributed by atoms with van der Waals surface area (Å²) in [4.78, 5) is 0. The van der Waals surface area contributed by atoms with Gasteiger partial charge in [-0.05, 0) is 6.42 Å². The average molecular weight is 292 g/mol. The third-order valence-corrected chi connectivity index (χ3v) is 3.07. The quantitative estimate of drug-likeness (QED) is 0.342. The van der Waals surface area contributed by atoms with Crippen molar-refractivity contribution in [2.45, 2.75) is 29.2 Å². The molecule has 1 saturated heterocycles. The zero-order valence-corrected chi connectivity index (χ0v) is 9.57. The molecular weight excluding hydrogens is 279 g/mol. The first-order valence-corrected chi connectivity index (χ1v) is 5.49. The highest BCUT2D eigenvalue weighted by Crippen LogP contribution is 2.24. The highest BCUT2D eigenvalue weighted by Gasteiger charge is 2.28. The number of hydrogen-bond acceptors (Lipinski definition) is 2. The third kappa shape index (κ3) is 3.29. The maximum absolute atomic E-state index is 5.62. The summed E-state index contributed by atoms with van der Waals surface area (Å²) in [6.07, 6.45) is 8.34. The summed E-state index contributed by atoms with van der Waals surface area (Å²) < 4.78 is 11.4. The van der Waals surface area contributed by atoms with Gasteiger partial charge in [-0.1, -0.05) is 28.7 Å². The maximum atomic E-state index is 5.62. The second-order valence-corrected chi connectivity index (χ2v) is 4.46. The molecule has 3 atom stereocenters. The molecule has 1 aliphatic rings. The van der Waals surface area contributed by atoms with Crippen LogP contribution in [0.3, 0.4) is 0 Å². The van der Waals surface area contributed by atoms with Crippen LogP contribution in [0.5, 0.6) is 0 Å². The van der Waals surface area contributed by atoms with E-state index in [1.807, 2.05) is 0 Å². The van der Waals surface area contributed by atoms with Crippen LogP contribution in [0.2, 0.25) is 0 Å². The first-order valence-electron chi connectivity index (χ1n) is 4.25. The molecule has 0 spiro atoms. The number of halogens is 1. The van der Waals surface area contributed by atoms with Crippen molar-refractivity contribution in [3.05, 3.63) is 12.7 Å². The van der Waals surface area contributed by atoms with E-state index in [9.17, 15) is 0 Å². The molecule has 13 heavy (non-hydrogen) atoms. The largest absolute Gasteiger partial charge is 0.351 e. The monoisotopic (exact) mass is 292 g/mol. The Balaban J connectivity index is 2.37. The van der Waals surface area contributed by atoms with Gasteiger partial charge < -0.3 is 9.47 Å². The van der Waals surface area contributed by atoms with Crippen LogP contribution in [-0.2, 0) is 9.47 Å². The minimum absolute atomic E-state index is 0.0784. The van der Waals surface area contributed by atoms with Gasteiger partial charge in [-0.2, -0.15) is 0 Å². The number of ether oxygens (including phenoxy) is 2. The summed E-state index contributed by atoms with van der Waals surface area (Å²) in [5.74, 6) is 2.55. The zero-order valence-electron chi connectivity index (χ0n) is 7.41. The summed E-state index contributed by atoms with van der Waals surface area (Å²) in [5.41, 5.74) is 0. The fourth-order valence-corrected chi connectivity index (χ4v) is 1.77. The minimum Gasteiger partial charge on any atom is -0.351 e. The molecule has 0 amide bonds. The summed E-state index contributed by atoms with van der Waals surface area (Å²) in [6.45, 7) is 4.44. The van der Waals surface area contributed by atoms with Gasteiger partial charge in [0.1, 0.15) is 0 Å². The van der Waals surface area contributed by atoms with Gasteiger partial charge in [0.15, 0.2) is 6.29 Å². The Kier molecular flexibility index (Phi) is 4.78. The summed E-state index contributed by atoms with van der Waals surface area (Å²) in [7, 11) is 0. The smallest absolute Gasteiger partial charge is 0.170 e. The second-order valence-electron chi connectivity index (χ2n) is 2.86. The number of hydrogen-bond donors (Lipinski definition) is 0. The SMILES string of the molecule is C#CC[C@@H](C=C)O[C@@H]1OCC[C@H]1I. The molecule has 0 aromatic carbocycles. The van der Waals surface area contributed by atoms with Gasteiger partial charge in [-0.15, -0.1) is 18.9 Å². The van der Waals surface area contributed by atoms with E-state index < -0.39 is 0 Å². The summed E-state index contributed by atoms with van der Waals surface area (Å²) in [5, 5.41) is 0. The van der Waals surface area contributed by atoms with Crippen molar-refractivity contribution in [2.75, 3.05) is 6.61 Å². The Morgan fingerprint density at radius 2 is 2.62 bits per heavy atom. The van der Waals surface area contributed by atoms with E-state index in [1.165, 1.54) is 0 Å². The van der Waals surface area contributed by atoms with Crippen LogP contribution in [0.15, 0.2) is 12.7 Å². The van der Waals surface area contributed by atoms with Crippen LogP contribution in [0.1, 0.15) is 12.8 Å². The normalized spacial score (nSPS) is 29.5. The number of terminal acetylenes is 1. The van der Waals surface area contributed by atoms with E-state index in [-0.39, 0.29) is 12.4 Å². The lowest BCUT2D eigenvalue weighted by molar-refractivity contribution is -0.125. The van der Waals surface area contributed by atoms with Crippen LogP contribution in [-0.4, -0.2) is 22.9 Å². The van der Waals surface area contributed by atoms with Crippen molar-refractivity contribution in [1.29, 1.82) is 0 Å². The Bertz CT molecular complexity index is 209. The molecule has 0 saturated carbocycles. The van der Waals surface area contributed by atoms with Crippen molar-refractivity contribution in [2.24, 2.45) is 0 Å². The molecule has 1 fully saturated rings. The molecule has 1 heterocycles. The van der Waals surface area contributed by atoms with E-state index in [4.69, 9.17) is 15.9 Å². The van der Waals surface area contributed by atoms with Crippen LogP contribution >= 0.6 is 22.6 Å². The zero-order chi connectivity index (χ0) is 9.68. The van der Waals surface area contributed by atoms with E-state index in [0.29, 0.717) is 10.3 Å². The van der Waals surface area contributed by atoms with Crippen molar-refractivity contribution < 1.29 is 9.47 Å². The highest BCUT2D eigenvalue weighted by molar-refractivity contribution is 14.1. The summed E-state index contributed by atoms with van der Waals surface area (Å²) >= 11 is 2.34. The van der Waals surface area contributed by atoms with Crippen molar-refractivity contribution >= 4 is 22.6 Å². The molecule has 0 radical (unpaired) electrons. The van der Waals surface area contributed by atoms with Crippen molar-refractivity contribution in [3.63, 3.8) is 0 Å². The predicted molar refractivity (Wildman–Crippen MR) is 60.7 cm³/mol. The van der Waals surface area contributed by atoms with Gasteiger partial charge in [0, 0.05) is 6.42 Å². The first kappa shape index (κ1) is 11.0. The fraction of sp³-hybridized carbons (Fsp3) is 0.600. The molecule has 1 rings (SSSR count). The maximum Gasteiger partial charge on any atom is 0.170 e. The molecule has 0 bridgehead atoms. The average Bonchev–Trinajstić information content (AvgIpc) is 2.51. The molecule has 0 unspecified atom stereocenters. The van der Waals surface area contributed by atoms with Gasteiger partial charge >= 0.3 is 0 Å². The van der Waals surface area contributed by atoms with E-state index in [2.05, 4.69) is 35.1 Å². The van der Waals surface area contributed by atoms with Gasteiger partial charge in [-0.25, -0.2) is 0 Å². The minimum atomic E-state index is -0.114. The van der Waals surface area contributed by atoms with Crippen LogP contribution in [0.4, 0.5) is 0 Å². The third-order valence-electron chi connectivity index (χ3n) is 1.86. The summed E-state index contributed by atoms with van der Waals surface area (Å²) in [6, 6.07) is 0. The molecule has 0 aliphatic carbocycles. The number of alkyl halides is 1. The topological polar surface area (TPSA) is 18.5 Å². The Labute approximate surface area is 92.8 Å². The Hall–Kier alpha value is -0.0500. The molecule has 72 valence electrons. The molecule has 2 nitrogen and oxygen atoms in total. The van der Waals surface area contributed by atoms with Gasteiger partial charge in [0.2, 0.25) is 0 Å². The molecule has 0 aromatic rings. The van der Waals surface area contributed by atoms with Crippen molar-refractivity contribution in [3.8, 4) is 12.3 Å². The number of rotatable bonds is 4. The lowest BCUT2D eigenvalue weighted by atomic mass is 10.2. The lowest BCUT2D eigenvalue weighted by Crippen LogP contribution is -2.25. The lowest BCUT2D eigenvalue weighted by Gasteiger charge is -2.19. The van der Waals surface area contributed by atoms with Gasteiger partial charge in [0.05, 0.1) is 16.6 Å². The molecule has 0 aromatic heterocycles. The van der Waals surface area contributed by atoms with Crippen LogP contribution in [0.25, 0.3) is 0 Å². The predicted octanol–water partition coefficient (Wildman–Crippen LogP) is 2.13. The fourth-order valence-electron chi connectivity index (χ4n) is 1.14. The van der Waals surface area contributed by atoms with E-state index in [1.54, 1.807) is 6.08 Å². The van der Waals surface area contributed by atoms with Crippen LogP contribution < -0.4 is 0 Å². The Morgan fingerprint density at radius 3 is 3.08 bits per heavy atom. The van der Waals surface area contributed by atoms with E-state index in [0.717, 1.165) is 13.0 Å². The van der Waals surface area contributed by atoms with Gasteiger partial charge in [-0.3, -0.25) is 0 Å². The first-order chi connectivity index (χ1) is 6.27. The van der Waals surface area contributed by atoms with Crippen molar-refractivity contribution in [1.82, 2.24) is 0 Å². The molecule has 1 aliphatic heterocycles.